The molecule has 1 aromatic heterocycles. The van der Waals surface area contributed by atoms with Crippen LogP contribution in [-0.4, -0.2) is 9.78 Å². The molecule has 0 bridgehead atoms. The van der Waals surface area contributed by atoms with Gasteiger partial charge >= 0.3 is 0 Å². The molecule has 0 aliphatic rings. The Kier molecular flexibility index (Phi) is 2.17. The Morgan fingerprint density at radius 1 is 1.64 bits per heavy atom. The summed E-state index contributed by atoms with van der Waals surface area (Å²) in [4.78, 5) is 10.8. The third-order valence-electron chi connectivity index (χ3n) is 1.62. The van der Waals surface area contributed by atoms with Crippen LogP contribution in [0.25, 0.3) is 0 Å². The van der Waals surface area contributed by atoms with Gasteiger partial charge in [0.15, 0.2) is 0 Å². The summed E-state index contributed by atoms with van der Waals surface area (Å²) < 4.78 is 1.78. The van der Waals surface area contributed by atoms with Gasteiger partial charge in [-0.15, -0.1) is 0 Å². The second kappa shape index (κ2) is 2.95. The van der Waals surface area contributed by atoms with Crippen LogP contribution < -0.4 is 5.56 Å². The number of nitrogens with zero attached hydrogens (tertiary/aromatic N) is 1. The van der Waals surface area contributed by atoms with Crippen molar-refractivity contribution in [3.05, 3.63) is 22.1 Å². The Hall–Kier alpha value is -0.990. The highest BCUT2D eigenvalue weighted by atomic mass is 16.1. The van der Waals surface area contributed by atoms with Crippen LogP contribution in [0.3, 0.4) is 0 Å². The van der Waals surface area contributed by atoms with Gasteiger partial charge in [0.05, 0.1) is 0 Å². The van der Waals surface area contributed by atoms with E-state index in [4.69, 9.17) is 0 Å². The third-order valence-corrected chi connectivity index (χ3v) is 1.62. The lowest BCUT2D eigenvalue weighted by Crippen LogP contribution is -2.03. The molecule has 0 aromatic carbocycles. The van der Waals surface area contributed by atoms with Crippen LogP contribution in [0.1, 0.15) is 19.5 Å². The monoisotopic (exact) mass is 154 g/mol. The molecule has 3 nitrogen and oxygen atoms in total. The topological polar surface area (TPSA) is 37.8 Å². The van der Waals surface area contributed by atoms with E-state index in [1.807, 2.05) is 7.05 Å². The third kappa shape index (κ3) is 1.97. The van der Waals surface area contributed by atoms with Crippen molar-refractivity contribution in [3.63, 3.8) is 0 Å². The number of aromatic nitrogens is 2. The Morgan fingerprint density at radius 2 is 2.27 bits per heavy atom. The summed E-state index contributed by atoms with van der Waals surface area (Å²) in [6.45, 7) is 4.27. The van der Waals surface area contributed by atoms with Crippen LogP contribution in [0.15, 0.2) is 10.9 Å². The molecule has 0 saturated carbocycles. The highest BCUT2D eigenvalue weighted by Crippen LogP contribution is 2.03. The zero-order chi connectivity index (χ0) is 8.43. The van der Waals surface area contributed by atoms with E-state index < -0.39 is 0 Å². The van der Waals surface area contributed by atoms with Gasteiger partial charge in [-0.05, 0) is 12.3 Å². The maximum absolute atomic E-state index is 10.8. The molecule has 0 fully saturated rings. The van der Waals surface area contributed by atoms with E-state index in [0.717, 1.165) is 12.1 Å². The Morgan fingerprint density at radius 3 is 2.64 bits per heavy atom. The molecule has 62 valence electrons. The second-order valence-electron chi connectivity index (χ2n) is 3.27. The summed E-state index contributed by atoms with van der Waals surface area (Å²) in [5.41, 5.74) is 1.06. The maximum Gasteiger partial charge on any atom is 0.264 e. The summed E-state index contributed by atoms with van der Waals surface area (Å²) in [5, 5.41) is 2.67. The molecule has 0 unspecified atom stereocenters. The predicted octanol–water partition coefficient (Wildman–Crippen LogP) is 0.912. The lowest BCUT2D eigenvalue weighted by atomic mass is 10.1. The fourth-order valence-electron chi connectivity index (χ4n) is 1.13. The van der Waals surface area contributed by atoms with Crippen molar-refractivity contribution in [2.45, 2.75) is 20.3 Å². The van der Waals surface area contributed by atoms with Gasteiger partial charge in [0.25, 0.3) is 5.56 Å². The number of H-pyrrole nitrogens is 1. The fraction of sp³-hybridized carbons (Fsp3) is 0.625. The zero-order valence-corrected chi connectivity index (χ0v) is 7.22. The van der Waals surface area contributed by atoms with Gasteiger partial charge in [-0.25, -0.2) is 0 Å². The predicted molar refractivity (Wildman–Crippen MR) is 44.6 cm³/mol. The molecule has 3 heteroatoms. The van der Waals surface area contributed by atoms with E-state index in [2.05, 4.69) is 18.9 Å². The molecule has 0 aliphatic heterocycles. The van der Waals surface area contributed by atoms with Crippen molar-refractivity contribution in [3.8, 4) is 0 Å². The fourth-order valence-corrected chi connectivity index (χ4v) is 1.13. The molecule has 0 atom stereocenters. The second-order valence-corrected chi connectivity index (χ2v) is 3.27. The molecule has 0 spiro atoms. The maximum atomic E-state index is 10.8. The first-order valence-electron chi connectivity index (χ1n) is 3.84. The van der Waals surface area contributed by atoms with Gasteiger partial charge in [-0.3, -0.25) is 14.6 Å². The molecule has 1 rings (SSSR count). The van der Waals surface area contributed by atoms with Crippen molar-refractivity contribution in [1.29, 1.82) is 0 Å². The van der Waals surface area contributed by atoms with E-state index in [-0.39, 0.29) is 5.56 Å². The first kappa shape index (κ1) is 8.11. The summed E-state index contributed by atoms with van der Waals surface area (Å²) in [5.74, 6) is 0.594. The van der Waals surface area contributed by atoms with E-state index in [0.29, 0.717) is 5.92 Å². The molecule has 0 aliphatic carbocycles. The lowest BCUT2D eigenvalue weighted by Gasteiger charge is -2.03. The minimum absolute atomic E-state index is 0.0110. The molecule has 0 saturated heterocycles. The Labute approximate surface area is 66.0 Å². The first-order chi connectivity index (χ1) is 5.09. The number of nitrogens with one attached hydrogen (secondary N) is 1. The number of aryl methyl sites for hydroxylation is 1. The minimum atomic E-state index is -0.0110. The Balaban J connectivity index is 2.86. The van der Waals surface area contributed by atoms with E-state index in [9.17, 15) is 4.79 Å². The van der Waals surface area contributed by atoms with Crippen LogP contribution in [0.5, 0.6) is 0 Å². The van der Waals surface area contributed by atoms with Crippen LogP contribution >= 0.6 is 0 Å². The smallest absolute Gasteiger partial charge is 0.264 e. The number of hydrogen-bond acceptors (Lipinski definition) is 1. The zero-order valence-electron chi connectivity index (χ0n) is 7.22. The van der Waals surface area contributed by atoms with E-state index in [1.165, 1.54) is 0 Å². The quantitative estimate of drug-likeness (QED) is 0.675. The SMILES string of the molecule is CC(C)Cc1cc(=O)[nH]n1C. The van der Waals surface area contributed by atoms with Gasteiger partial charge in [-0.1, -0.05) is 13.8 Å². The average Bonchev–Trinajstić information content (AvgIpc) is 2.09. The summed E-state index contributed by atoms with van der Waals surface area (Å²) in [6.07, 6.45) is 0.954. The van der Waals surface area contributed by atoms with Crippen LogP contribution in [-0.2, 0) is 13.5 Å². The van der Waals surface area contributed by atoms with Gasteiger partial charge in [-0.2, -0.15) is 0 Å². The van der Waals surface area contributed by atoms with Gasteiger partial charge in [0.2, 0.25) is 0 Å². The standard InChI is InChI=1S/C8H14N2O/c1-6(2)4-7-5-8(11)9-10(7)3/h5-6H,4H2,1-3H3,(H,9,11). The number of rotatable bonds is 2. The van der Waals surface area contributed by atoms with Gasteiger partial charge < -0.3 is 0 Å². The van der Waals surface area contributed by atoms with E-state index >= 15 is 0 Å². The molecule has 0 amide bonds. The average molecular weight is 154 g/mol. The van der Waals surface area contributed by atoms with Crippen molar-refractivity contribution in [2.75, 3.05) is 0 Å². The van der Waals surface area contributed by atoms with Gasteiger partial charge in [0, 0.05) is 18.8 Å². The van der Waals surface area contributed by atoms with Crippen molar-refractivity contribution in [2.24, 2.45) is 13.0 Å². The Bertz CT molecular complexity index is 283. The number of hydrogen-bond donors (Lipinski definition) is 1. The summed E-state index contributed by atoms with van der Waals surface area (Å²) in [6, 6.07) is 1.65. The molecule has 1 heterocycles. The molecule has 1 N–H and O–H groups in total. The van der Waals surface area contributed by atoms with Crippen molar-refractivity contribution in [1.82, 2.24) is 9.78 Å². The van der Waals surface area contributed by atoms with E-state index in [1.54, 1.807) is 10.7 Å². The molecule has 1 aromatic rings. The lowest BCUT2D eigenvalue weighted by molar-refractivity contribution is 0.595. The molecule has 0 radical (unpaired) electrons. The van der Waals surface area contributed by atoms with Crippen LogP contribution in [0.4, 0.5) is 0 Å². The summed E-state index contributed by atoms with van der Waals surface area (Å²) in [7, 11) is 1.86. The highest BCUT2D eigenvalue weighted by Gasteiger charge is 2.02. The molecular weight excluding hydrogens is 140 g/mol. The van der Waals surface area contributed by atoms with Crippen LogP contribution in [0.2, 0.25) is 0 Å². The minimum Gasteiger partial charge on any atom is -0.292 e. The molecule has 11 heavy (non-hydrogen) atoms. The molecular formula is C8H14N2O. The van der Waals surface area contributed by atoms with Crippen molar-refractivity contribution >= 4 is 0 Å². The largest absolute Gasteiger partial charge is 0.292 e. The van der Waals surface area contributed by atoms with Gasteiger partial charge in [0.1, 0.15) is 0 Å². The normalized spacial score (nSPS) is 10.9. The first-order valence-corrected chi connectivity index (χ1v) is 3.84. The number of aromatic amines is 1. The summed E-state index contributed by atoms with van der Waals surface area (Å²) >= 11 is 0. The highest BCUT2D eigenvalue weighted by molar-refractivity contribution is 5.00. The van der Waals surface area contributed by atoms with Crippen LogP contribution in [0, 0.1) is 5.92 Å². The van der Waals surface area contributed by atoms with Crippen molar-refractivity contribution < 1.29 is 0 Å².